The SMILES string of the molecule is CC/N=C(/CC1=CCCC=C1)c1ncc(C)o1. The summed E-state index contributed by atoms with van der Waals surface area (Å²) in [6.07, 6.45) is 11.5. The van der Waals surface area contributed by atoms with E-state index in [0.717, 1.165) is 37.3 Å². The largest absolute Gasteiger partial charge is 0.440 e. The van der Waals surface area contributed by atoms with E-state index in [1.807, 2.05) is 13.8 Å². The molecule has 2 rings (SSSR count). The highest BCUT2D eigenvalue weighted by Crippen LogP contribution is 2.17. The second-order valence-corrected chi connectivity index (χ2v) is 4.13. The lowest BCUT2D eigenvalue weighted by atomic mass is 10.0. The summed E-state index contributed by atoms with van der Waals surface area (Å²) in [4.78, 5) is 8.74. The van der Waals surface area contributed by atoms with E-state index in [9.17, 15) is 0 Å². The Morgan fingerprint density at radius 3 is 2.94 bits per heavy atom. The summed E-state index contributed by atoms with van der Waals surface area (Å²) >= 11 is 0. The van der Waals surface area contributed by atoms with Crippen LogP contribution in [0.4, 0.5) is 0 Å². The molecule has 3 heteroatoms. The van der Waals surface area contributed by atoms with Gasteiger partial charge in [0.05, 0.1) is 6.20 Å². The van der Waals surface area contributed by atoms with Gasteiger partial charge in [0.2, 0.25) is 5.89 Å². The molecular formula is C14H18N2O. The van der Waals surface area contributed by atoms with Crippen LogP contribution in [0, 0.1) is 6.92 Å². The first-order chi connectivity index (χ1) is 8.29. The van der Waals surface area contributed by atoms with Gasteiger partial charge in [-0.3, -0.25) is 4.99 Å². The number of hydrogen-bond acceptors (Lipinski definition) is 3. The maximum atomic E-state index is 5.55. The van der Waals surface area contributed by atoms with E-state index < -0.39 is 0 Å². The number of aromatic nitrogens is 1. The zero-order chi connectivity index (χ0) is 12.1. The molecule has 0 atom stereocenters. The number of aliphatic imine (C=N–C) groups is 1. The van der Waals surface area contributed by atoms with Gasteiger partial charge in [-0.25, -0.2) is 4.98 Å². The summed E-state index contributed by atoms with van der Waals surface area (Å²) in [5, 5.41) is 0. The van der Waals surface area contributed by atoms with Crippen molar-refractivity contribution in [3.05, 3.63) is 41.6 Å². The third-order valence-corrected chi connectivity index (χ3v) is 2.66. The van der Waals surface area contributed by atoms with E-state index in [1.54, 1.807) is 6.20 Å². The van der Waals surface area contributed by atoms with Crippen LogP contribution < -0.4 is 0 Å². The van der Waals surface area contributed by atoms with Crippen LogP contribution >= 0.6 is 0 Å². The summed E-state index contributed by atoms with van der Waals surface area (Å²) in [5.41, 5.74) is 2.25. The van der Waals surface area contributed by atoms with E-state index in [-0.39, 0.29) is 0 Å². The molecule has 1 aromatic heterocycles. The monoisotopic (exact) mass is 230 g/mol. The minimum Gasteiger partial charge on any atom is -0.440 e. The minimum absolute atomic E-state index is 0.657. The van der Waals surface area contributed by atoms with Crippen LogP contribution in [0.25, 0.3) is 0 Å². The first-order valence-corrected chi connectivity index (χ1v) is 6.11. The Bertz CT molecular complexity index is 466. The Kier molecular flexibility index (Phi) is 3.91. The fourth-order valence-corrected chi connectivity index (χ4v) is 1.87. The number of rotatable bonds is 4. The average molecular weight is 230 g/mol. The highest BCUT2D eigenvalue weighted by atomic mass is 16.4. The lowest BCUT2D eigenvalue weighted by Gasteiger charge is -2.07. The third kappa shape index (κ3) is 3.16. The van der Waals surface area contributed by atoms with Gasteiger partial charge in [0.25, 0.3) is 0 Å². The smallest absolute Gasteiger partial charge is 0.240 e. The third-order valence-electron chi connectivity index (χ3n) is 2.66. The van der Waals surface area contributed by atoms with Crippen molar-refractivity contribution in [1.29, 1.82) is 0 Å². The zero-order valence-electron chi connectivity index (χ0n) is 10.4. The Morgan fingerprint density at radius 2 is 2.35 bits per heavy atom. The Hall–Kier alpha value is -1.64. The first-order valence-electron chi connectivity index (χ1n) is 6.11. The van der Waals surface area contributed by atoms with Gasteiger partial charge in [0, 0.05) is 13.0 Å². The van der Waals surface area contributed by atoms with Crippen LogP contribution in [-0.2, 0) is 0 Å². The summed E-state index contributed by atoms with van der Waals surface area (Å²) in [6.45, 7) is 4.69. The molecule has 0 saturated carbocycles. The normalized spacial score (nSPS) is 16.1. The molecule has 0 unspecified atom stereocenters. The van der Waals surface area contributed by atoms with Crippen LogP contribution in [0.3, 0.4) is 0 Å². The van der Waals surface area contributed by atoms with Crippen LogP contribution in [0.2, 0.25) is 0 Å². The predicted octanol–water partition coefficient (Wildman–Crippen LogP) is 3.46. The summed E-state index contributed by atoms with van der Waals surface area (Å²) in [6, 6.07) is 0. The van der Waals surface area contributed by atoms with Crippen LogP contribution in [-0.4, -0.2) is 17.2 Å². The van der Waals surface area contributed by atoms with E-state index in [4.69, 9.17) is 4.42 Å². The molecule has 0 radical (unpaired) electrons. The molecule has 0 fully saturated rings. The van der Waals surface area contributed by atoms with Crippen molar-refractivity contribution < 1.29 is 4.42 Å². The van der Waals surface area contributed by atoms with E-state index >= 15 is 0 Å². The Balaban J connectivity index is 2.16. The fraction of sp³-hybridized carbons (Fsp3) is 0.429. The van der Waals surface area contributed by atoms with E-state index in [2.05, 4.69) is 28.2 Å². The van der Waals surface area contributed by atoms with Crippen LogP contribution in [0.1, 0.15) is 37.8 Å². The average Bonchev–Trinajstić information content (AvgIpc) is 2.77. The molecule has 1 aromatic rings. The Morgan fingerprint density at radius 1 is 1.47 bits per heavy atom. The molecule has 3 nitrogen and oxygen atoms in total. The standard InChI is InChI=1S/C14H18N2O/c1-3-15-13(14-16-10-11(2)17-14)9-12-7-5-4-6-8-12/h5,7-8,10H,3-4,6,9H2,1-2H3/b15-13-. The van der Waals surface area contributed by atoms with Gasteiger partial charge in [0.15, 0.2) is 0 Å². The lowest BCUT2D eigenvalue weighted by molar-refractivity contribution is 0.516. The number of nitrogens with zero attached hydrogens (tertiary/aromatic N) is 2. The molecule has 0 aromatic carbocycles. The van der Waals surface area contributed by atoms with Crippen molar-refractivity contribution in [2.24, 2.45) is 4.99 Å². The van der Waals surface area contributed by atoms with Crippen molar-refractivity contribution in [2.75, 3.05) is 6.54 Å². The number of aryl methyl sites for hydroxylation is 1. The van der Waals surface area contributed by atoms with Crippen molar-refractivity contribution in [3.63, 3.8) is 0 Å². The van der Waals surface area contributed by atoms with Crippen LogP contribution in [0.5, 0.6) is 0 Å². The highest BCUT2D eigenvalue weighted by molar-refractivity contribution is 5.98. The molecule has 0 bridgehead atoms. The van der Waals surface area contributed by atoms with Gasteiger partial charge in [-0.1, -0.05) is 18.2 Å². The topological polar surface area (TPSA) is 38.4 Å². The molecule has 0 saturated heterocycles. The molecule has 0 spiro atoms. The van der Waals surface area contributed by atoms with Gasteiger partial charge >= 0.3 is 0 Å². The van der Waals surface area contributed by atoms with Gasteiger partial charge in [-0.05, 0) is 32.3 Å². The number of hydrogen-bond donors (Lipinski definition) is 0. The first kappa shape index (κ1) is 11.8. The van der Waals surface area contributed by atoms with Crippen LogP contribution in [0.15, 0.2) is 39.4 Å². The molecule has 17 heavy (non-hydrogen) atoms. The van der Waals surface area contributed by atoms with E-state index in [1.165, 1.54) is 5.57 Å². The minimum atomic E-state index is 0.657. The number of oxazole rings is 1. The molecule has 0 N–H and O–H groups in total. The summed E-state index contributed by atoms with van der Waals surface area (Å²) in [7, 11) is 0. The molecule has 90 valence electrons. The second-order valence-electron chi connectivity index (χ2n) is 4.13. The van der Waals surface area contributed by atoms with Crippen molar-refractivity contribution >= 4 is 5.71 Å². The maximum Gasteiger partial charge on any atom is 0.240 e. The predicted molar refractivity (Wildman–Crippen MR) is 69.4 cm³/mol. The fourth-order valence-electron chi connectivity index (χ4n) is 1.87. The zero-order valence-corrected chi connectivity index (χ0v) is 10.4. The van der Waals surface area contributed by atoms with E-state index in [0.29, 0.717) is 5.89 Å². The number of allylic oxidation sites excluding steroid dienone is 4. The summed E-state index contributed by atoms with van der Waals surface area (Å²) < 4.78 is 5.55. The van der Waals surface area contributed by atoms with Gasteiger partial charge < -0.3 is 4.42 Å². The van der Waals surface area contributed by atoms with Gasteiger partial charge in [-0.2, -0.15) is 0 Å². The van der Waals surface area contributed by atoms with Crippen molar-refractivity contribution in [2.45, 2.75) is 33.1 Å². The lowest BCUT2D eigenvalue weighted by Crippen LogP contribution is -2.04. The molecule has 1 aliphatic carbocycles. The molecule has 0 aliphatic heterocycles. The maximum absolute atomic E-state index is 5.55. The molecular weight excluding hydrogens is 212 g/mol. The quantitative estimate of drug-likeness (QED) is 0.743. The molecule has 1 heterocycles. The molecule has 0 amide bonds. The van der Waals surface area contributed by atoms with Crippen molar-refractivity contribution in [1.82, 2.24) is 4.98 Å². The second kappa shape index (κ2) is 5.62. The summed E-state index contributed by atoms with van der Waals surface area (Å²) in [5.74, 6) is 1.49. The van der Waals surface area contributed by atoms with Gasteiger partial charge in [-0.15, -0.1) is 0 Å². The highest BCUT2D eigenvalue weighted by Gasteiger charge is 2.11. The van der Waals surface area contributed by atoms with Gasteiger partial charge in [0.1, 0.15) is 11.5 Å². The Labute approximate surface area is 102 Å². The van der Waals surface area contributed by atoms with Crippen molar-refractivity contribution in [3.8, 4) is 0 Å². The molecule has 1 aliphatic rings.